The summed E-state index contributed by atoms with van der Waals surface area (Å²) in [5, 5.41) is 3.34. The van der Waals surface area contributed by atoms with E-state index in [9.17, 15) is 0 Å². The summed E-state index contributed by atoms with van der Waals surface area (Å²) in [5.41, 5.74) is 9.28. The number of fused-ring (bicyclic) bond motifs is 2. The van der Waals surface area contributed by atoms with Crippen LogP contribution in [-0.2, 0) is 6.54 Å². The smallest absolute Gasteiger partial charge is 0.157 e. The van der Waals surface area contributed by atoms with Gasteiger partial charge in [0.2, 0.25) is 0 Å². The molecule has 188 valence electrons. The predicted molar refractivity (Wildman–Crippen MR) is 148 cm³/mol. The SMILES string of the molecule is c1cc(-c2nccc3[nH]c(C4=NCNc5cnc(-c6cncc(CN7CCCCC7)c6)cc54)nc23)ccn1. The molecule has 2 aliphatic heterocycles. The summed E-state index contributed by atoms with van der Waals surface area (Å²) >= 11 is 0. The zero-order valence-electron chi connectivity index (χ0n) is 20.9. The number of nitrogens with zero attached hydrogens (tertiary/aromatic N) is 7. The van der Waals surface area contributed by atoms with Gasteiger partial charge in [0, 0.05) is 54.2 Å². The van der Waals surface area contributed by atoms with Crippen molar-refractivity contribution in [2.24, 2.45) is 4.99 Å². The van der Waals surface area contributed by atoms with Gasteiger partial charge in [0.1, 0.15) is 17.9 Å². The van der Waals surface area contributed by atoms with Crippen LogP contribution in [0.5, 0.6) is 0 Å². The van der Waals surface area contributed by atoms with Crippen molar-refractivity contribution < 1.29 is 0 Å². The number of aliphatic imine (C=N–C) groups is 1. The Balaban J connectivity index is 1.24. The molecular formula is C29H27N9. The van der Waals surface area contributed by atoms with Gasteiger partial charge in [0.05, 0.1) is 28.8 Å². The van der Waals surface area contributed by atoms with Gasteiger partial charge in [-0.25, -0.2) is 4.98 Å². The minimum atomic E-state index is 0.461. The van der Waals surface area contributed by atoms with Gasteiger partial charge in [0.25, 0.3) is 0 Å². The molecule has 38 heavy (non-hydrogen) atoms. The van der Waals surface area contributed by atoms with Crippen molar-refractivity contribution >= 4 is 22.4 Å². The fraction of sp³-hybridized carbons (Fsp3) is 0.241. The van der Waals surface area contributed by atoms with Crippen LogP contribution in [-0.4, -0.2) is 60.3 Å². The topological polar surface area (TPSA) is 108 Å². The molecule has 1 fully saturated rings. The van der Waals surface area contributed by atoms with Gasteiger partial charge in [-0.15, -0.1) is 0 Å². The zero-order valence-corrected chi connectivity index (χ0v) is 20.9. The van der Waals surface area contributed by atoms with Crippen molar-refractivity contribution in [2.75, 3.05) is 25.1 Å². The van der Waals surface area contributed by atoms with E-state index < -0.39 is 0 Å². The van der Waals surface area contributed by atoms with Gasteiger partial charge in [-0.1, -0.05) is 6.42 Å². The molecule has 0 amide bonds. The monoisotopic (exact) mass is 501 g/mol. The number of anilines is 1. The van der Waals surface area contributed by atoms with E-state index in [-0.39, 0.29) is 0 Å². The van der Waals surface area contributed by atoms with Crippen LogP contribution in [0.25, 0.3) is 33.5 Å². The number of imidazole rings is 1. The van der Waals surface area contributed by atoms with Crippen LogP contribution < -0.4 is 5.32 Å². The Hall–Kier alpha value is -4.50. The molecule has 0 unspecified atom stereocenters. The van der Waals surface area contributed by atoms with Gasteiger partial charge >= 0.3 is 0 Å². The maximum Gasteiger partial charge on any atom is 0.157 e. The molecule has 2 aliphatic rings. The summed E-state index contributed by atoms with van der Waals surface area (Å²) in [7, 11) is 0. The Morgan fingerprint density at radius 2 is 1.74 bits per heavy atom. The summed E-state index contributed by atoms with van der Waals surface area (Å²) in [4.78, 5) is 33.8. The van der Waals surface area contributed by atoms with E-state index in [1.165, 1.54) is 24.8 Å². The van der Waals surface area contributed by atoms with E-state index in [0.29, 0.717) is 12.5 Å². The first-order valence-electron chi connectivity index (χ1n) is 13.0. The highest BCUT2D eigenvalue weighted by molar-refractivity contribution is 6.16. The maximum absolute atomic E-state index is 4.96. The second-order valence-electron chi connectivity index (χ2n) is 9.75. The van der Waals surface area contributed by atoms with E-state index in [4.69, 9.17) is 15.0 Å². The molecule has 2 N–H and O–H groups in total. The third kappa shape index (κ3) is 4.31. The second-order valence-corrected chi connectivity index (χ2v) is 9.75. The Morgan fingerprint density at radius 3 is 2.63 bits per heavy atom. The van der Waals surface area contributed by atoms with Gasteiger partial charge < -0.3 is 10.3 Å². The Labute approximate surface area is 220 Å². The number of piperidine rings is 1. The van der Waals surface area contributed by atoms with E-state index >= 15 is 0 Å². The van der Waals surface area contributed by atoms with E-state index in [1.54, 1.807) is 18.6 Å². The van der Waals surface area contributed by atoms with Crippen molar-refractivity contribution in [3.63, 3.8) is 0 Å². The summed E-state index contributed by atoms with van der Waals surface area (Å²) in [6, 6.07) is 10.1. The van der Waals surface area contributed by atoms with Gasteiger partial charge in [-0.3, -0.25) is 29.8 Å². The molecule has 9 heteroatoms. The minimum Gasteiger partial charge on any atom is -0.364 e. The number of nitrogens with one attached hydrogen (secondary N) is 2. The number of H-pyrrole nitrogens is 1. The van der Waals surface area contributed by atoms with Crippen molar-refractivity contribution in [2.45, 2.75) is 25.8 Å². The van der Waals surface area contributed by atoms with E-state index in [1.807, 2.05) is 36.8 Å². The molecule has 5 aromatic heterocycles. The molecule has 0 radical (unpaired) electrons. The third-order valence-corrected chi connectivity index (χ3v) is 7.19. The molecule has 1 saturated heterocycles. The largest absolute Gasteiger partial charge is 0.364 e. The minimum absolute atomic E-state index is 0.461. The molecular weight excluding hydrogens is 474 g/mol. The Morgan fingerprint density at radius 1 is 0.842 bits per heavy atom. The quantitative estimate of drug-likeness (QED) is 0.360. The van der Waals surface area contributed by atoms with Crippen molar-refractivity contribution in [3.8, 4) is 22.5 Å². The first-order valence-corrected chi connectivity index (χ1v) is 13.0. The first-order chi connectivity index (χ1) is 18.8. The van der Waals surface area contributed by atoms with Gasteiger partial charge in [0.15, 0.2) is 5.82 Å². The third-order valence-electron chi connectivity index (χ3n) is 7.19. The highest BCUT2D eigenvalue weighted by Gasteiger charge is 2.22. The van der Waals surface area contributed by atoms with Crippen LogP contribution in [0.2, 0.25) is 0 Å². The fourth-order valence-electron chi connectivity index (χ4n) is 5.30. The van der Waals surface area contributed by atoms with Crippen molar-refractivity contribution in [3.05, 3.63) is 84.5 Å². The number of aromatic nitrogens is 6. The molecule has 0 aromatic carbocycles. The molecule has 7 rings (SSSR count). The molecule has 0 bridgehead atoms. The molecule has 0 atom stereocenters. The van der Waals surface area contributed by atoms with Gasteiger partial charge in [-0.05, 0) is 61.8 Å². The lowest BCUT2D eigenvalue weighted by Crippen LogP contribution is -2.29. The Bertz CT molecular complexity index is 1640. The van der Waals surface area contributed by atoms with Crippen molar-refractivity contribution in [1.29, 1.82) is 0 Å². The number of hydrogen-bond acceptors (Lipinski definition) is 8. The zero-order chi connectivity index (χ0) is 25.3. The normalized spacial score (nSPS) is 15.6. The Kier molecular flexibility index (Phi) is 5.82. The molecule has 0 spiro atoms. The lowest BCUT2D eigenvalue weighted by molar-refractivity contribution is 0.220. The number of likely N-dealkylation sites (tertiary alicyclic amines) is 1. The summed E-state index contributed by atoms with van der Waals surface area (Å²) in [6.07, 6.45) is 14.9. The lowest BCUT2D eigenvalue weighted by Gasteiger charge is -2.26. The van der Waals surface area contributed by atoms with Crippen LogP contribution >= 0.6 is 0 Å². The van der Waals surface area contributed by atoms with Crippen LogP contribution in [0.4, 0.5) is 5.69 Å². The average Bonchev–Trinajstić information content (AvgIpc) is 3.42. The first kappa shape index (κ1) is 22.7. The summed E-state index contributed by atoms with van der Waals surface area (Å²) in [6.45, 7) is 3.70. The van der Waals surface area contributed by atoms with Gasteiger partial charge in [-0.2, -0.15) is 0 Å². The van der Waals surface area contributed by atoms with Crippen LogP contribution in [0.1, 0.15) is 36.2 Å². The summed E-state index contributed by atoms with van der Waals surface area (Å²) in [5.74, 6) is 0.709. The number of hydrogen-bond donors (Lipinski definition) is 2. The van der Waals surface area contributed by atoms with Crippen molar-refractivity contribution in [1.82, 2.24) is 34.8 Å². The molecule has 5 aromatic rings. The number of aromatic amines is 1. The molecule has 7 heterocycles. The van der Waals surface area contributed by atoms with E-state index in [0.717, 1.165) is 70.1 Å². The van der Waals surface area contributed by atoms with Crippen LogP contribution in [0.3, 0.4) is 0 Å². The molecule has 0 saturated carbocycles. The fourth-order valence-corrected chi connectivity index (χ4v) is 5.30. The second kappa shape index (κ2) is 9.75. The highest BCUT2D eigenvalue weighted by Crippen LogP contribution is 2.30. The molecule has 0 aliphatic carbocycles. The average molecular weight is 502 g/mol. The van der Waals surface area contributed by atoms with Crippen LogP contribution in [0.15, 0.2) is 72.5 Å². The van der Waals surface area contributed by atoms with Crippen LogP contribution in [0, 0.1) is 0 Å². The predicted octanol–water partition coefficient (Wildman–Crippen LogP) is 4.68. The van der Waals surface area contributed by atoms with E-state index in [2.05, 4.69) is 42.3 Å². The highest BCUT2D eigenvalue weighted by atomic mass is 15.1. The molecule has 9 nitrogen and oxygen atoms in total. The lowest BCUT2D eigenvalue weighted by atomic mass is 10.0. The number of rotatable bonds is 5. The summed E-state index contributed by atoms with van der Waals surface area (Å²) < 4.78 is 0. The maximum atomic E-state index is 4.96. The number of pyridine rings is 4. The standard InChI is InChI=1S/C29H27N9/c1-2-10-38(11-3-1)17-19-12-21(15-31-14-19)24-13-22-25(16-33-24)34-18-35-27(22)29-36-23-6-9-32-26(28(23)37-29)20-4-7-30-8-5-20/h4-9,12-16,34H,1-3,10-11,17-18H2,(H,36,37).